The third-order valence-electron chi connectivity index (χ3n) is 4.70. The van der Waals surface area contributed by atoms with Gasteiger partial charge in [0.15, 0.2) is 0 Å². The molecule has 3 unspecified atom stereocenters. The summed E-state index contributed by atoms with van der Waals surface area (Å²) in [4.78, 5) is 11.3. The van der Waals surface area contributed by atoms with Gasteiger partial charge in [-0.1, -0.05) is 20.4 Å². The normalized spacial score (nSPS) is 35.3. The molecule has 0 aromatic heterocycles. The zero-order valence-electron chi connectivity index (χ0n) is 12.3. The predicted octanol–water partition coefficient (Wildman–Crippen LogP) is 3.66. The molecule has 0 radical (unpaired) electrons. The van der Waals surface area contributed by atoms with E-state index in [1.165, 1.54) is 0 Å². The number of hydrogen-bond donors (Lipinski definition) is 0. The standard InChI is InChI=1S/C15H24O4/c1-10(15(5)7-6-11(2)17-9-15)8-12-14(3,4)19-13(16)18-12/h10,12H,2,6-9H2,1,3-5H3. The highest BCUT2D eigenvalue weighted by atomic mass is 16.8. The van der Waals surface area contributed by atoms with Crippen LogP contribution in [0.1, 0.15) is 47.0 Å². The molecule has 0 bridgehead atoms. The second-order valence-electron chi connectivity index (χ2n) is 6.68. The van der Waals surface area contributed by atoms with Gasteiger partial charge in [0.2, 0.25) is 0 Å². The molecule has 2 saturated heterocycles. The maximum absolute atomic E-state index is 11.3. The van der Waals surface area contributed by atoms with Crippen LogP contribution in [-0.2, 0) is 14.2 Å². The Bertz CT molecular complexity index is 376. The van der Waals surface area contributed by atoms with E-state index in [9.17, 15) is 4.79 Å². The minimum atomic E-state index is -0.555. The zero-order chi connectivity index (χ0) is 14.3. The fourth-order valence-corrected chi connectivity index (χ4v) is 2.73. The van der Waals surface area contributed by atoms with Crippen molar-refractivity contribution in [3.05, 3.63) is 12.3 Å². The quantitative estimate of drug-likeness (QED) is 0.733. The van der Waals surface area contributed by atoms with Gasteiger partial charge in [0.1, 0.15) is 11.7 Å². The number of cyclic esters (lactones) is 2. The van der Waals surface area contributed by atoms with E-state index in [0.29, 0.717) is 12.5 Å². The molecule has 2 heterocycles. The highest BCUT2D eigenvalue weighted by molar-refractivity contribution is 5.63. The first-order valence-electron chi connectivity index (χ1n) is 6.93. The van der Waals surface area contributed by atoms with Crippen LogP contribution in [0.2, 0.25) is 0 Å². The van der Waals surface area contributed by atoms with E-state index in [2.05, 4.69) is 20.4 Å². The third-order valence-corrected chi connectivity index (χ3v) is 4.70. The van der Waals surface area contributed by atoms with E-state index >= 15 is 0 Å². The average Bonchev–Trinajstić information content (AvgIpc) is 2.56. The van der Waals surface area contributed by atoms with Gasteiger partial charge < -0.3 is 14.2 Å². The number of hydrogen-bond acceptors (Lipinski definition) is 4. The van der Waals surface area contributed by atoms with Crippen molar-refractivity contribution >= 4 is 6.16 Å². The summed E-state index contributed by atoms with van der Waals surface area (Å²) in [6, 6.07) is 0. The van der Waals surface area contributed by atoms with Gasteiger partial charge in [0, 0.05) is 11.8 Å². The Morgan fingerprint density at radius 3 is 2.58 bits per heavy atom. The van der Waals surface area contributed by atoms with Gasteiger partial charge in [-0.2, -0.15) is 0 Å². The van der Waals surface area contributed by atoms with Crippen molar-refractivity contribution in [3.63, 3.8) is 0 Å². The van der Waals surface area contributed by atoms with Crippen LogP contribution in [0.15, 0.2) is 12.3 Å². The topological polar surface area (TPSA) is 44.8 Å². The summed E-state index contributed by atoms with van der Waals surface area (Å²) in [7, 11) is 0. The first-order valence-corrected chi connectivity index (χ1v) is 6.93. The lowest BCUT2D eigenvalue weighted by atomic mass is 9.71. The molecule has 2 aliphatic rings. The summed E-state index contributed by atoms with van der Waals surface area (Å²) < 4.78 is 16.1. The molecule has 0 aromatic carbocycles. The van der Waals surface area contributed by atoms with Gasteiger partial charge in [0.05, 0.1) is 12.4 Å². The molecule has 0 amide bonds. The summed E-state index contributed by atoms with van der Waals surface area (Å²) in [5, 5.41) is 0. The van der Waals surface area contributed by atoms with E-state index in [0.717, 1.165) is 25.0 Å². The van der Waals surface area contributed by atoms with Crippen LogP contribution >= 0.6 is 0 Å². The second-order valence-corrected chi connectivity index (χ2v) is 6.68. The number of carbonyl (C=O) groups is 1. The van der Waals surface area contributed by atoms with Crippen LogP contribution in [0.3, 0.4) is 0 Å². The molecule has 0 N–H and O–H groups in total. The summed E-state index contributed by atoms with van der Waals surface area (Å²) in [5.41, 5.74) is -0.437. The monoisotopic (exact) mass is 268 g/mol. The molecule has 4 heteroatoms. The smallest absolute Gasteiger partial charge is 0.498 e. The highest BCUT2D eigenvalue weighted by Crippen LogP contribution is 2.43. The lowest BCUT2D eigenvalue weighted by Crippen LogP contribution is -2.40. The SMILES string of the molecule is C=C1CCC(C)(C(C)CC2OC(=O)OC2(C)C)CO1. The van der Waals surface area contributed by atoms with Crippen molar-refractivity contribution in [2.75, 3.05) is 6.61 Å². The van der Waals surface area contributed by atoms with Crippen molar-refractivity contribution < 1.29 is 19.0 Å². The molecule has 2 rings (SSSR count). The van der Waals surface area contributed by atoms with Crippen LogP contribution in [0.4, 0.5) is 4.79 Å². The zero-order valence-corrected chi connectivity index (χ0v) is 12.3. The number of rotatable bonds is 3. The van der Waals surface area contributed by atoms with E-state index in [1.54, 1.807) is 0 Å². The van der Waals surface area contributed by atoms with Crippen LogP contribution in [-0.4, -0.2) is 24.5 Å². The molecule has 19 heavy (non-hydrogen) atoms. The molecular formula is C15H24O4. The molecule has 2 fully saturated rings. The van der Waals surface area contributed by atoms with Gasteiger partial charge in [-0.25, -0.2) is 4.79 Å². The Balaban J connectivity index is 1.99. The van der Waals surface area contributed by atoms with Crippen LogP contribution < -0.4 is 0 Å². The first-order chi connectivity index (χ1) is 8.73. The Kier molecular flexibility index (Phi) is 3.54. The number of carbonyl (C=O) groups excluding carboxylic acids is 1. The van der Waals surface area contributed by atoms with Gasteiger partial charge in [-0.15, -0.1) is 0 Å². The molecule has 0 spiro atoms. The Labute approximate surface area is 115 Å². The van der Waals surface area contributed by atoms with Gasteiger partial charge in [0.25, 0.3) is 0 Å². The molecule has 4 nitrogen and oxygen atoms in total. The largest absolute Gasteiger partial charge is 0.509 e. The lowest BCUT2D eigenvalue weighted by molar-refractivity contribution is -0.0149. The fourth-order valence-electron chi connectivity index (χ4n) is 2.73. The van der Waals surface area contributed by atoms with Crippen LogP contribution in [0, 0.1) is 11.3 Å². The predicted molar refractivity (Wildman–Crippen MR) is 71.6 cm³/mol. The summed E-state index contributed by atoms with van der Waals surface area (Å²) >= 11 is 0. The second kappa shape index (κ2) is 4.73. The van der Waals surface area contributed by atoms with Gasteiger partial charge in [-0.05, 0) is 32.6 Å². The van der Waals surface area contributed by atoms with E-state index in [-0.39, 0.29) is 11.5 Å². The highest BCUT2D eigenvalue weighted by Gasteiger charge is 2.47. The maximum Gasteiger partial charge on any atom is 0.509 e. The number of allylic oxidation sites excluding steroid dienone is 1. The lowest BCUT2D eigenvalue weighted by Gasteiger charge is -2.40. The molecule has 3 atom stereocenters. The summed E-state index contributed by atoms with van der Waals surface area (Å²) in [6.07, 6.45) is 2.03. The van der Waals surface area contributed by atoms with E-state index in [1.807, 2.05) is 13.8 Å². The Morgan fingerprint density at radius 2 is 2.11 bits per heavy atom. The third kappa shape index (κ3) is 2.88. The average molecular weight is 268 g/mol. The molecular weight excluding hydrogens is 244 g/mol. The van der Waals surface area contributed by atoms with Gasteiger partial charge in [-0.3, -0.25) is 0 Å². The van der Waals surface area contributed by atoms with Crippen molar-refractivity contribution in [1.29, 1.82) is 0 Å². The summed E-state index contributed by atoms with van der Waals surface area (Å²) in [5.74, 6) is 1.26. The Hall–Kier alpha value is -1.19. The minimum Gasteiger partial charge on any atom is -0.498 e. The number of ether oxygens (including phenoxy) is 3. The van der Waals surface area contributed by atoms with E-state index < -0.39 is 11.8 Å². The fraction of sp³-hybridized carbons (Fsp3) is 0.800. The molecule has 0 aliphatic carbocycles. The van der Waals surface area contributed by atoms with Crippen molar-refractivity contribution in [2.24, 2.45) is 11.3 Å². The maximum atomic E-state index is 11.3. The summed E-state index contributed by atoms with van der Waals surface area (Å²) in [6.45, 7) is 12.8. The minimum absolute atomic E-state index is 0.103. The van der Waals surface area contributed by atoms with Crippen LogP contribution in [0.25, 0.3) is 0 Å². The van der Waals surface area contributed by atoms with E-state index in [4.69, 9.17) is 14.2 Å². The Morgan fingerprint density at radius 1 is 1.42 bits per heavy atom. The van der Waals surface area contributed by atoms with Crippen molar-refractivity contribution in [3.8, 4) is 0 Å². The van der Waals surface area contributed by atoms with Crippen LogP contribution in [0.5, 0.6) is 0 Å². The van der Waals surface area contributed by atoms with Gasteiger partial charge >= 0.3 is 6.16 Å². The molecule has 108 valence electrons. The molecule has 0 saturated carbocycles. The van der Waals surface area contributed by atoms with Crippen molar-refractivity contribution in [1.82, 2.24) is 0 Å². The molecule has 2 aliphatic heterocycles. The first kappa shape index (κ1) is 14.2. The molecule has 0 aromatic rings. The van der Waals surface area contributed by atoms with Crippen molar-refractivity contribution in [2.45, 2.75) is 58.7 Å².